The molecular formula is C33H37N5O4. The number of Topliss-reactive ketones (excluding diaryl/α,β-unsaturated/α-hetero) is 1. The van der Waals surface area contributed by atoms with Crippen molar-refractivity contribution in [2.75, 3.05) is 56.2 Å². The van der Waals surface area contributed by atoms with Gasteiger partial charge in [-0.3, -0.25) is 14.5 Å². The second kappa shape index (κ2) is 12.9. The number of aromatic nitrogens is 2. The summed E-state index contributed by atoms with van der Waals surface area (Å²) in [6.07, 6.45) is 4.47. The van der Waals surface area contributed by atoms with Gasteiger partial charge in [-0.05, 0) is 92.5 Å². The van der Waals surface area contributed by atoms with Crippen molar-refractivity contribution in [1.82, 2.24) is 14.7 Å². The second-order valence-corrected chi connectivity index (χ2v) is 11.1. The Kier molecular flexibility index (Phi) is 8.60. The number of fused-ring (bicyclic) bond motifs is 1. The van der Waals surface area contributed by atoms with Crippen LogP contribution in [0.1, 0.15) is 46.4 Å². The van der Waals surface area contributed by atoms with Crippen molar-refractivity contribution in [3.05, 3.63) is 84.1 Å². The van der Waals surface area contributed by atoms with Crippen molar-refractivity contribution in [3.63, 3.8) is 0 Å². The molecule has 2 aliphatic rings. The molecule has 2 aliphatic heterocycles. The van der Waals surface area contributed by atoms with Gasteiger partial charge in [0.2, 0.25) is 0 Å². The van der Waals surface area contributed by atoms with Crippen LogP contribution in [0, 0.1) is 0 Å². The van der Waals surface area contributed by atoms with Crippen molar-refractivity contribution < 1.29 is 19.4 Å². The quantitative estimate of drug-likeness (QED) is 0.287. The van der Waals surface area contributed by atoms with Crippen molar-refractivity contribution in [2.24, 2.45) is 0 Å². The molecule has 0 bridgehead atoms. The van der Waals surface area contributed by atoms with Gasteiger partial charge in [0.15, 0.2) is 5.78 Å². The predicted octanol–water partition coefficient (Wildman–Crippen LogP) is 4.53. The number of aliphatic hydroxyl groups is 1. The fraction of sp³-hybridized carbons (Fsp3) is 0.364. The fourth-order valence-corrected chi connectivity index (χ4v) is 5.69. The topological polar surface area (TPSA) is 99.9 Å². The van der Waals surface area contributed by atoms with E-state index in [0.29, 0.717) is 23.2 Å². The SMILES string of the molecule is O=C(CCCN1CCOCC1)c1ccc(-n2ncc3cc(NC(=O)c4ccc(N5CCC(O)CC5)cc4)ccc32)cc1. The molecule has 42 heavy (non-hydrogen) atoms. The molecule has 3 aromatic carbocycles. The summed E-state index contributed by atoms with van der Waals surface area (Å²) < 4.78 is 7.22. The van der Waals surface area contributed by atoms with Crippen LogP contribution in [0.4, 0.5) is 11.4 Å². The Bertz CT molecular complexity index is 1520. The molecule has 0 saturated carbocycles. The number of rotatable bonds is 9. The summed E-state index contributed by atoms with van der Waals surface area (Å²) in [7, 11) is 0. The number of piperidine rings is 1. The van der Waals surface area contributed by atoms with Crippen molar-refractivity contribution in [3.8, 4) is 5.69 Å². The maximum absolute atomic E-state index is 12.9. The largest absolute Gasteiger partial charge is 0.393 e. The first kappa shape index (κ1) is 28.1. The first-order valence-electron chi connectivity index (χ1n) is 14.8. The number of carbonyl (C=O) groups is 2. The Morgan fingerprint density at radius 3 is 2.31 bits per heavy atom. The Morgan fingerprint density at radius 2 is 1.57 bits per heavy atom. The number of nitrogens with one attached hydrogen (secondary N) is 1. The monoisotopic (exact) mass is 567 g/mol. The highest BCUT2D eigenvalue weighted by molar-refractivity contribution is 6.05. The molecule has 0 atom stereocenters. The third-order valence-electron chi connectivity index (χ3n) is 8.20. The van der Waals surface area contributed by atoms with E-state index in [4.69, 9.17) is 4.74 Å². The van der Waals surface area contributed by atoms with Crippen LogP contribution in [0.2, 0.25) is 0 Å². The molecule has 6 rings (SSSR count). The molecule has 9 heteroatoms. The molecule has 0 unspecified atom stereocenters. The average Bonchev–Trinajstić information content (AvgIpc) is 3.45. The van der Waals surface area contributed by atoms with Gasteiger partial charge in [-0.1, -0.05) is 0 Å². The maximum Gasteiger partial charge on any atom is 0.255 e. The molecule has 9 nitrogen and oxygen atoms in total. The molecule has 2 N–H and O–H groups in total. The highest BCUT2D eigenvalue weighted by Crippen LogP contribution is 2.24. The molecule has 3 heterocycles. The van der Waals surface area contributed by atoms with Crippen LogP contribution in [-0.4, -0.2) is 83.5 Å². The van der Waals surface area contributed by atoms with Crippen LogP contribution in [0.25, 0.3) is 16.6 Å². The van der Waals surface area contributed by atoms with E-state index in [1.807, 2.05) is 71.4 Å². The summed E-state index contributed by atoms with van der Waals surface area (Å²) in [5.74, 6) is -0.0194. The predicted molar refractivity (Wildman–Crippen MR) is 164 cm³/mol. The number of amides is 1. The molecule has 1 amide bonds. The van der Waals surface area contributed by atoms with Crippen molar-refractivity contribution in [2.45, 2.75) is 31.8 Å². The number of carbonyl (C=O) groups excluding carboxylic acids is 2. The van der Waals surface area contributed by atoms with E-state index in [-0.39, 0.29) is 17.8 Å². The molecule has 0 spiro atoms. The number of morpholine rings is 1. The molecule has 0 radical (unpaired) electrons. The van der Waals surface area contributed by atoms with E-state index in [9.17, 15) is 14.7 Å². The fourth-order valence-electron chi connectivity index (χ4n) is 5.69. The van der Waals surface area contributed by atoms with Gasteiger partial charge in [0.25, 0.3) is 5.91 Å². The van der Waals surface area contributed by atoms with Gasteiger partial charge in [0.1, 0.15) is 0 Å². The van der Waals surface area contributed by atoms with E-state index in [1.54, 1.807) is 6.20 Å². The van der Waals surface area contributed by atoms with Gasteiger partial charge < -0.3 is 20.1 Å². The molecule has 1 aromatic heterocycles. The smallest absolute Gasteiger partial charge is 0.255 e. The normalized spacial score (nSPS) is 16.5. The van der Waals surface area contributed by atoms with Gasteiger partial charge in [0, 0.05) is 60.5 Å². The summed E-state index contributed by atoms with van der Waals surface area (Å²) in [4.78, 5) is 30.2. The molecule has 0 aliphatic carbocycles. The van der Waals surface area contributed by atoms with Crippen LogP contribution in [0.3, 0.4) is 0 Å². The van der Waals surface area contributed by atoms with Crippen molar-refractivity contribution in [1.29, 1.82) is 0 Å². The first-order valence-corrected chi connectivity index (χ1v) is 14.8. The number of hydrogen-bond acceptors (Lipinski definition) is 7. The summed E-state index contributed by atoms with van der Waals surface area (Å²) >= 11 is 0. The van der Waals surface area contributed by atoms with E-state index in [2.05, 4.69) is 20.2 Å². The highest BCUT2D eigenvalue weighted by atomic mass is 16.5. The van der Waals surface area contributed by atoms with Crippen LogP contribution >= 0.6 is 0 Å². The number of ether oxygens (including phenoxy) is 1. The molecular weight excluding hydrogens is 530 g/mol. The third-order valence-corrected chi connectivity index (χ3v) is 8.20. The van der Waals surface area contributed by atoms with Crippen LogP contribution < -0.4 is 10.2 Å². The molecule has 218 valence electrons. The van der Waals surface area contributed by atoms with Crippen LogP contribution in [-0.2, 0) is 4.74 Å². The van der Waals surface area contributed by atoms with Crippen LogP contribution in [0.15, 0.2) is 72.9 Å². The Morgan fingerprint density at radius 1 is 0.881 bits per heavy atom. The maximum atomic E-state index is 12.9. The summed E-state index contributed by atoms with van der Waals surface area (Å²) in [5, 5.41) is 18.2. The molecule has 2 fully saturated rings. The highest BCUT2D eigenvalue weighted by Gasteiger charge is 2.18. The Balaban J connectivity index is 1.06. The number of aliphatic hydroxyl groups excluding tert-OH is 1. The standard InChI is InChI=1S/C33H37N5O4/c39-30-13-16-37(17-14-30)28-8-5-25(6-9-28)33(41)35-27-7-12-31-26(22-27)23-34-38(31)29-10-3-24(4-11-29)32(40)2-1-15-36-18-20-42-21-19-36/h3-12,22-23,30,39H,1-2,13-21H2,(H,35,41). The van der Waals surface area contributed by atoms with Gasteiger partial charge in [0.05, 0.1) is 36.7 Å². The lowest BCUT2D eigenvalue weighted by Gasteiger charge is -2.31. The number of anilines is 2. The number of nitrogens with zero attached hydrogens (tertiary/aromatic N) is 4. The number of ketones is 1. The van der Waals surface area contributed by atoms with Gasteiger partial charge in [-0.25, -0.2) is 4.68 Å². The molecule has 4 aromatic rings. The number of benzene rings is 3. The van der Waals surface area contributed by atoms with Crippen molar-refractivity contribution >= 4 is 34.0 Å². The first-order chi connectivity index (χ1) is 20.5. The Hall–Kier alpha value is -4.05. The Labute approximate surface area is 245 Å². The lowest BCUT2D eigenvalue weighted by Crippen LogP contribution is -2.36. The summed E-state index contributed by atoms with van der Waals surface area (Å²) in [5.41, 5.74) is 4.84. The minimum atomic E-state index is -0.215. The average molecular weight is 568 g/mol. The van der Waals surface area contributed by atoms with E-state index in [1.165, 1.54) is 0 Å². The zero-order chi connectivity index (χ0) is 28.9. The number of hydrogen-bond donors (Lipinski definition) is 2. The lowest BCUT2D eigenvalue weighted by molar-refractivity contribution is 0.0371. The van der Waals surface area contributed by atoms with Crippen LogP contribution in [0.5, 0.6) is 0 Å². The zero-order valence-corrected chi connectivity index (χ0v) is 23.7. The van der Waals surface area contributed by atoms with E-state index in [0.717, 1.165) is 87.5 Å². The van der Waals surface area contributed by atoms with E-state index < -0.39 is 0 Å². The minimum absolute atomic E-state index is 0.154. The van der Waals surface area contributed by atoms with E-state index >= 15 is 0 Å². The van der Waals surface area contributed by atoms with Gasteiger partial charge in [-0.15, -0.1) is 0 Å². The molecule has 2 saturated heterocycles. The minimum Gasteiger partial charge on any atom is -0.393 e. The lowest BCUT2D eigenvalue weighted by atomic mass is 10.1. The third kappa shape index (κ3) is 6.54. The summed E-state index contributed by atoms with van der Waals surface area (Å²) in [6, 6.07) is 20.9. The van der Waals surface area contributed by atoms with Gasteiger partial charge >= 0.3 is 0 Å². The second-order valence-electron chi connectivity index (χ2n) is 11.1. The zero-order valence-electron chi connectivity index (χ0n) is 23.7. The summed E-state index contributed by atoms with van der Waals surface area (Å²) in [6.45, 7) is 5.98. The van der Waals surface area contributed by atoms with Gasteiger partial charge in [-0.2, -0.15) is 5.10 Å².